The topological polar surface area (TPSA) is 182 Å². The molecule has 1 aromatic rings. The summed E-state index contributed by atoms with van der Waals surface area (Å²) in [5.41, 5.74) is 6.11. The van der Waals surface area contributed by atoms with E-state index in [9.17, 15) is 29.4 Å². The van der Waals surface area contributed by atoms with Gasteiger partial charge in [-0.15, -0.1) is 0 Å². The van der Waals surface area contributed by atoms with Crippen LogP contribution in [0.15, 0.2) is 24.3 Å². The Bertz CT molecular complexity index is 784. The van der Waals surface area contributed by atoms with Crippen molar-refractivity contribution in [2.75, 3.05) is 19.7 Å². The van der Waals surface area contributed by atoms with E-state index in [-0.39, 0.29) is 12.2 Å². The number of carboxylic acid groups (broad SMARTS) is 1. The number of hydrogen-bond acceptors (Lipinski definition) is 7. The maximum atomic E-state index is 12.6. The molecule has 2 rings (SSSR count). The third-order valence-electron chi connectivity index (χ3n) is 4.81. The van der Waals surface area contributed by atoms with Gasteiger partial charge in [0.15, 0.2) is 0 Å². The maximum absolute atomic E-state index is 12.6. The van der Waals surface area contributed by atoms with Crippen molar-refractivity contribution in [2.24, 2.45) is 5.73 Å². The van der Waals surface area contributed by atoms with Gasteiger partial charge in [0.25, 0.3) is 0 Å². The standard InChI is InChI=1S/C19H26N4O7/c20-13(10-24)17(27)22-14(8-11-3-5-12(25)6-4-11)18(28)21-9-16(26)23-7-1-2-15(23)19(29)30/h3-6,13-15,24-25H,1-2,7-10,20H2,(H,21,28)(H,22,27)(H,29,30). The quantitative estimate of drug-likeness (QED) is 0.262. The number of amides is 3. The smallest absolute Gasteiger partial charge is 0.326 e. The molecule has 11 heteroatoms. The molecule has 1 aliphatic heterocycles. The molecule has 7 N–H and O–H groups in total. The van der Waals surface area contributed by atoms with Crippen LogP contribution in [0.3, 0.4) is 0 Å². The van der Waals surface area contributed by atoms with Crippen molar-refractivity contribution >= 4 is 23.7 Å². The number of nitrogens with zero attached hydrogens (tertiary/aromatic N) is 1. The lowest BCUT2D eigenvalue weighted by atomic mass is 10.0. The number of phenolic OH excluding ortho intramolecular Hbond substituents is 1. The fraction of sp³-hybridized carbons (Fsp3) is 0.474. The van der Waals surface area contributed by atoms with Crippen molar-refractivity contribution in [3.8, 4) is 5.75 Å². The highest BCUT2D eigenvalue weighted by atomic mass is 16.4. The van der Waals surface area contributed by atoms with E-state index in [0.717, 1.165) is 0 Å². The number of aromatic hydroxyl groups is 1. The van der Waals surface area contributed by atoms with Gasteiger partial charge in [-0.2, -0.15) is 0 Å². The van der Waals surface area contributed by atoms with Crippen LogP contribution in [0.4, 0.5) is 0 Å². The molecule has 1 fully saturated rings. The molecule has 3 unspecified atom stereocenters. The summed E-state index contributed by atoms with van der Waals surface area (Å²) in [6.07, 6.45) is 0.967. The van der Waals surface area contributed by atoms with Crippen LogP contribution in [-0.4, -0.2) is 81.7 Å². The number of benzene rings is 1. The van der Waals surface area contributed by atoms with Crippen LogP contribution in [0.2, 0.25) is 0 Å². The highest BCUT2D eigenvalue weighted by Crippen LogP contribution is 2.17. The largest absolute Gasteiger partial charge is 0.508 e. The molecule has 3 amide bonds. The summed E-state index contributed by atoms with van der Waals surface area (Å²) < 4.78 is 0. The predicted molar refractivity (Wildman–Crippen MR) is 104 cm³/mol. The van der Waals surface area contributed by atoms with Gasteiger partial charge in [-0.3, -0.25) is 14.4 Å². The first kappa shape index (κ1) is 23.1. The Balaban J connectivity index is 2.03. The zero-order chi connectivity index (χ0) is 22.3. The number of aliphatic hydroxyl groups excluding tert-OH is 1. The molecule has 3 atom stereocenters. The molecule has 0 saturated carbocycles. The number of likely N-dealkylation sites (tertiary alicyclic amines) is 1. The molecule has 1 aromatic carbocycles. The van der Waals surface area contributed by atoms with Crippen LogP contribution in [-0.2, 0) is 25.6 Å². The Hall–Kier alpha value is -3.18. The monoisotopic (exact) mass is 422 g/mol. The molecule has 0 radical (unpaired) electrons. The molecule has 1 saturated heterocycles. The van der Waals surface area contributed by atoms with Crippen molar-refractivity contribution in [3.05, 3.63) is 29.8 Å². The number of nitrogens with two attached hydrogens (primary N) is 1. The highest BCUT2D eigenvalue weighted by Gasteiger charge is 2.34. The van der Waals surface area contributed by atoms with Crippen molar-refractivity contribution in [1.29, 1.82) is 0 Å². The van der Waals surface area contributed by atoms with Crippen LogP contribution in [0.5, 0.6) is 5.75 Å². The average Bonchev–Trinajstić information content (AvgIpc) is 3.22. The first-order valence-corrected chi connectivity index (χ1v) is 9.47. The van der Waals surface area contributed by atoms with Crippen LogP contribution in [0.1, 0.15) is 18.4 Å². The molecule has 30 heavy (non-hydrogen) atoms. The van der Waals surface area contributed by atoms with Gasteiger partial charge in [0.2, 0.25) is 17.7 Å². The summed E-state index contributed by atoms with van der Waals surface area (Å²) in [7, 11) is 0. The van der Waals surface area contributed by atoms with Crippen LogP contribution < -0.4 is 16.4 Å². The zero-order valence-electron chi connectivity index (χ0n) is 16.3. The van der Waals surface area contributed by atoms with Gasteiger partial charge in [0, 0.05) is 13.0 Å². The second-order valence-electron chi connectivity index (χ2n) is 7.02. The molecular weight excluding hydrogens is 396 g/mol. The molecule has 0 aliphatic carbocycles. The number of carbonyl (C=O) groups is 4. The number of nitrogens with one attached hydrogen (secondary N) is 2. The van der Waals surface area contributed by atoms with Gasteiger partial charge in [-0.25, -0.2) is 4.79 Å². The highest BCUT2D eigenvalue weighted by molar-refractivity contribution is 5.93. The van der Waals surface area contributed by atoms with Gasteiger partial charge in [0.05, 0.1) is 13.2 Å². The summed E-state index contributed by atoms with van der Waals surface area (Å²) in [5, 5.41) is 32.4. The van der Waals surface area contributed by atoms with Gasteiger partial charge >= 0.3 is 5.97 Å². The fourth-order valence-electron chi connectivity index (χ4n) is 3.15. The van der Waals surface area contributed by atoms with Crippen molar-refractivity contribution in [2.45, 2.75) is 37.4 Å². The van der Waals surface area contributed by atoms with E-state index >= 15 is 0 Å². The van der Waals surface area contributed by atoms with E-state index in [1.165, 1.54) is 17.0 Å². The zero-order valence-corrected chi connectivity index (χ0v) is 16.3. The summed E-state index contributed by atoms with van der Waals surface area (Å²) in [6, 6.07) is 2.76. The predicted octanol–water partition coefficient (Wildman–Crippen LogP) is -2.07. The lowest BCUT2D eigenvalue weighted by Crippen LogP contribution is -2.54. The number of hydrogen-bond donors (Lipinski definition) is 6. The Morgan fingerprint density at radius 3 is 2.43 bits per heavy atom. The van der Waals surface area contributed by atoms with Crippen LogP contribution in [0.25, 0.3) is 0 Å². The Morgan fingerprint density at radius 1 is 1.17 bits per heavy atom. The molecule has 1 aliphatic rings. The summed E-state index contributed by atoms with van der Waals surface area (Å²) in [6.45, 7) is -0.731. The van der Waals surface area contributed by atoms with Crippen LogP contribution in [0, 0.1) is 0 Å². The molecule has 11 nitrogen and oxygen atoms in total. The fourth-order valence-corrected chi connectivity index (χ4v) is 3.15. The van der Waals surface area contributed by atoms with Gasteiger partial charge in [-0.1, -0.05) is 12.1 Å². The van der Waals surface area contributed by atoms with E-state index in [4.69, 9.17) is 10.8 Å². The molecule has 164 valence electrons. The van der Waals surface area contributed by atoms with Gasteiger partial charge < -0.3 is 36.6 Å². The molecule has 0 aromatic heterocycles. The number of phenols is 1. The molecule has 0 bridgehead atoms. The number of aliphatic carboxylic acids is 1. The van der Waals surface area contributed by atoms with Crippen molar-refractivity contribution < 1.29 is 34.5 Å². The number of aliphatic hydroxyl groups is 1. The Morgan fingerprint density at radius 2 is 1.83 bits per heavy atom. The van der Waals surface area contributed by atoms with Crippen LogP contribution >= 0.6 is 0 Å². The Kier molecular flexibility index (Phi) is 8.13. The summed E-state index contributed by atoms with van der Waals surface area (Å²) >= 11 is 0. The average molecular weight is 422 g/mol. The van der Waals surface area contributed by atoms with Gasteiger partial charge in [0.1, 0.15) is 23.9 Å². The molecular formula is C19H26N4O7. The lowest BCUT2D eigenvalue weighted by molar-refractivity contribution is -0.148. The number of carbonyl (C=O) groups excluding carboxylic acids is 3. The first-order valence-electron chi connectivity index (χ1n) is 9.47. The minimum absolute atomic E-state index is 0.0373. The number of carboxylic acids is 1. The minimum atomic E-state index is -1.22. The van der Waals surface area contributed by atoms with Crippen molar-refractivity contribution in [1.82, 2.24) is 15.5 Å². The normalized spacial score (nSPS) is 17.8. The van der Waals surface area contributed by atoms with E-state index in [2.05, 4.69) is 10.6 Å². The second kappa shape index (κ2) is 10.6. The van der Waals surface area contributed by atoms with E-state index in [1.807, 2.05) is 0 Å². The van der Waals surface area contributed by atoms with Crippen molar-refractivity contribution in [3.63, 3.8) is 0 Å². The van der Waals surface area contributed by atoms with E-state index < -0.39 is 55.0 Å². The lowest BCUT2D eigenvalue weighted by Gasteiger charge is -2.23. The number of rotatable bonds is 9. The maximum Gasteiger partial charge on any atom is 0.326 e. The van der Waals surface area contributed by atoms with E-state index in [0.29, 0.717) is 24.9 Å². The minimum Gasteiger partial charge on any atom is -0.508 e. The van der Waals surface area contributed by atoms with E-state index in [1.54, 1.807) is 12.1 Å². The second-order valence-corrected chi connectivity index (χ2v) is 7.02. The Labute approximate surface area is 172 Å². The molecule has 0 spiro atoms. The third kappa shape index (κ3) is 6.16. The molecule has 1 heterocycles. The SMILES string of the molecule is NC(CO)C(=O)NC(Cc1ccc(O)cc1)C(=O)NCC(=O)N1CCCC1C(=O)O. The third-order valence-corrected chi connectivity index (χ3v) is 4.81. The first-order chi connectivity index (χ1) is 14.2. The van der Waals surface area contributed by atoms with Gasteiger partial charge in [-0.05, 0) is 30.5 Å². The summed E-state index contributed by atoms with van der Waals surface area (Å²) in [5.74, 6) is -3.00. The summed E-state index contributed by atoms with van der Waals surface area (Å²) in [4.78, 5) is 49.4.